The molecule has 0 aliphatic rings. The lowest BCUT2D eigenvalue weighted by atomic mass is 10.2. The van der Waals surface area contributed by atoms with E-state index in [-0.39, 0.29) is 9.95 Å². The molecule has 0 aliphatic heterocycles. The predicted octanol–water partition coefficient (Wildman–Crippen LogP) is 3.01. The molecule has 0 atom stereocenters. The summed E-state index contributed by atoms with van der Waals surface area (Å²) in [5, 5.41) is 10.8. The highest BCUT2D eigenvalue weighted by molar-refractivity contribution is 8.02. The van der Waals surface area contributed by atoms with Gasteiger partial charge in [-0.1, -0.05) is 49.0 Å². The Balaban J connectivity index is 2.88. The van der Waals surface area contributed by atoms with Crippen molar-refractivity contribution in [1.82, 2.24) is 0 Å². The first-order valence-electron chi connectivity index (χ1n) is 4.28. The second-order valence-electron chi connectivity index (χ2n) is 2.58. The summed E-state index contributed by atoms with van der Waals surface area (Å²) in [6.45, 7) is 1.90. The summed E-state index contributed by atoms with van der Waals surface area (Å²) in [6.07, 6.45) is 1.59. The van der Waals surface area contributed by atoms with Crippen LogP contribution in [0.2, 0.25) is 0 Å². The van der Waals surface area contributed by atoms with Gasteiger partial charge in [0.15, 0.2) is 0 Å². The number of benzene rings is 1. The van der Waals surface area contributed by atoms with E-state index in [1.807, 2.05) is 37.3 Å². The van der Waals surface area contributed by atoms with Crippen LogP contribution in [0.15, 0.2) is 35.4 Å². The summed E-state index contributed by atoms with van der Waals surface area (Å²) in [6, 6.07) is 9.30. The third kappa shape index (κ3) is 3.22. The molecule has 0 spiro atoms. The third-order valence-corrected chi connectivity index (χ3v) is 2.41. The first-order chi connectivity index (χ1) is 6.74. The number of nitrogens with zero attached hydrogens (tertiary/aromatic N) is 1. The van der Waals surface area contributed by atoms with E-state index in [0.717, 1.165) is 5.56 Å². The third-order valence-electron chi connectivity index (χ3n) is 1.56. The number of rotatable bonds is 4. The molecule has 0 aliphatic carbocycles. The van der Waals surface area contributed by atoms with Crippen LogP contribution in [0.4, 0.5) is 0 Å². The van der Waals surface area contributed by atoms with Crippen molar-refractivity contribution in [2.24, 2.45) is 0 Å². The highest BCUT2D eigenvalue weighted by atomic mass is 32.2. The molecule has 0 saturated carbocycles. The smallest absolute Gasteiger partial charge is 0.258 e. The maximum absolute atomic E-state index is 10.6. The van der Waals surface area contributed by atoms with E-state index in [2.05, 4.69) is 0 Å². The van der Waals surface area contributed by atoms with Gasteiger partial charge in [-0.2, -0.15) is 0 Å². The average Bonchev–Trinajstić information content (AvgIpc) is 2.18. The van der Waals surface area contributed by atoms with Gasteiger partial charge in [0.2, 0.25) is 0 Å². The molecule has 3 nitrogen and oxygen atoms in total. The second-order valence-corrected chi connectivity index (χ2v) is 3.87. The van der Waals surface area contributed by atoms with Gasteiger partial charge in [-0.3, -0.25) is 10.1 Å². The SMILES string of the molecule is CCSC(=Cc1ccccc1)[N+](=O)[O-]. The van der Waals surface area contributed by atoms with Crippen LogP contribution in [0, 0.1) is 10.1 Å². The highest BCUT2D eigenvalue weighted by Gasteiger charge is 2.09. The van der Waals surface area contributed by atoms with Gasteiger partial charge >= 0.3 is 5.03 Å². The van der Waals surface area contributed by atoms with Crippen molar-refractivity contribution >= 4 is 17.8 Å². The van der Waals surface area contributed by atoms with Crippen molar-refractivity contribution in [3.8, 4) is 0 Å². The summed E-state index contributed by atoms with van der Waals surface area (Å²) in [7, 11) is 0. The van der Waals surface area contributed by atoms with Crippen molar-refractivity contribution in [1.29, 1.82) is 0 Å². The Bertz CT molecular complexity index is 335. The van der Waals surface area contributed by atoms with Crippen molar-refractivity contribution in [3.05, 3.63) is 51.0 Å². The first-order valence-corrected chi connectivity index (χ1v) is 5.26. The maximum atomic E-state index is 10.6. The van der Waals surface area contributed by atoms with E-state index in [1.165, 1.54) is 11.8 Å². The standard InChI is InChI=1S/C10H11NO2S/c1-2-14-10(11(12)13)8-9-6-4-3-5-7-9/h3-8H,2H2,1H3. The Labute approximate surface area is 87.0 Å². The van der Waals surface area contributed by atoms with E-state index >= 15 is 0 Å². The quantitative estimate of drug-likeness (QED) is 0.565. The molecule has 0 fully saturated rings. The fraction of sp³-hybridized carbons (Fsp3) is 0.200. The van der Waals surface area contributed by atoms with Crippen LogP contribution in [0.3, 0.4) is 0 Å². The molecular weight excluding hydrogens is 198 g/mol. The van der Waals surface area contributed by atoms with E-state index in [1.54, 1.807) is 6.08 Å². The molecule has 0 bridgehead atoms. The highest BCUT2D eigenvalue weighted by Crippen LogP contribution is 2.18. The van der Waals surface area contributed by atoms with Crippen LogP contribution >= 0.6 is 11.8 Å². The number of hydrogen-bond donors (Lipinski definition) is 0. The second kappa shape index (κ2) is 5.44. The average molecular weight is 209 g/mol. The Kier molecular flexibility index (Phi) is 4.19. The molecule has 1 aromatic carbocycles. The molecule has 1 aromatic rings. The Morgan fingerprint density at radius 3 is 2.64 bits per heavy atom. The van der Waals surface area contributed by atoms with Crippen LogP contribution in [0.5, 0.6) is 0 Å². The van der Waals surface area contributed by atoms with Crippen LogP contribution < -0.4 is 0 Å². The van der Waals surface area contributed by atoms with Gasteiger partial charge in [-0.05, 0) is 5.56 Å². The van der Waals surface area contributed by atoms with E-state index in [4.69, 9.17) is 0 Å². The molecular formula is C10H11NO2S. The van der Waals surface area contributed by atoms with Crippen LogP contribution in [-0.2, 0) is 0 Å². The van der Waals surface area contributed by atoms with Crippen LogP contribution in [0.25, 0.3) is 6.08 Å². The van der Waals surface area contributed by atoms with Crippen LogP contribution in [-0.4, -0.2) is 10.7 Å². The Hall–Kier alpha value is -1.29. The fourth-order valence-corrected chi connectivity index (χ4v) is 1.61. The van der Waals surface area contributed by atoms with Gasteiger partial charge in [-0.15, -0.1) is 0 Å². The minimum absolute atomic E-state index is 0.193. The minimum atomic E-state index is -0.346. The zero-order valence-electron chi connectivity index (χ0n) is 7.84. The van der Waals surface area contributed by atoms with E-state index in [0.29, 0.717) is 5.75 Å². The van der Waals surface area contributed by atoms with Gasteiger partial charge in [0.05, 0.1) is 4.92 Å². The molecule has 0 heterocycles. The lowest BCUT2D eigenvalue weighted by Crippen LogP contribution is -1.94. The molecule has 0 N–H and O–H groups in total. The topological polar surface area (TPSA) is 43.1 Å². The molecule has 0 amide bonds. The summed E-state index contributed by atoms with van der Waals surface area (Å²) in [4.78, 5) is 10.3. The number of nitro groups is 1. The summed E-state index contributed by atoms with van der Waals surface area (Å²) in [5.41, 5.74) is 0.861. The van der Waals surface area contributed by atoms with Gasteiger partial charge in [0, 0.05) is 11.8 Å². The molecule has 0 saturated heterocycles. The largest absolute Gasteiger partial charge is 0.303 e. The Morgan fingerprint density at radius 2 is 2.14 bits per heavy atom. The molecule has 0 radical (unpaired) electrons. The first kappa shape index (κ1) is 10.8. The fourth-order valence-electron chi connectivity index (χ4n) is 0.987. The van der Waals surface area contributed by atoms with Crippen molar-refractivity contribution in [2.45, 2.75) is 6.92 Å². The molecule has 0 unspecified atom stereocenters. The lowest BCUT2D eigenvalue weighted by Gasteiger charge is -1.95. The minimum Gasteiger partial charge on any atom is -0.258 e. The summed E-state index contributed by atoms with van der Waals surface area (Å²) >= 11 is 1.24. The molecule has 0 aromatic heterocycles. The maximum Gasteiger partial charge on any atom is 0.303 e. The molecule has 74 valence electrons. The van der Waals surface area contributed by atoms with Gasteiger partial charge in [0.1, 0.15) is 0 Å². The number of hydrogen-bond acceptors (Lipinski definition) is 3. The van der Waals surface area contributed by atoms with Gasteiger partial charge in [-0.25, -0.2) is 0 Å². The van der Waals surface area contributed by atoms with Gasteiger partial charge < -0.3 is 0 Å². The Morgan fingerprint density at radius 1 is 1.50 bits per heavy atom. The summed E-state index contributed by atoms with van der Waals surface area (Å²) in [5.74, 6) is 0.708. The molecule has 4 heteroatoms. The predicted molar refractivity (Wildman–Crippen MR) is 59.5 cm³/mol. The summed E-state index contributed by atoms with van der Waals surface area (Å²) < 4.78 is 0. The zero-order chi connectivity index (χ0) is 10.4. The van der Waals surface area contributed by atoms with E-state index in [9.17, 15) is 10.1 Å². The van der Waals surface area contributed by atoms with Crippen molar-refractivity contribution < 1.29 is 4.92 Å². The molecule has 14 heavy (non-hydrogen) atoms. The van der Waals surface area contributed by atoms with Crippen LogP contribution in [0.1, 0.15) is 12.5 Å². The number of thioether (sulfide) groups is 1. The lowest BCUT2D eigenvalue weighted by molar-refractivity contribution is -0.408. The normalized spacial score (nSPS) is 11.4. The van der Waals surface area contributed by atoms with E-state index < -0.39 is 0 Å². The van der Waals surface area contributed by atoms with Crippen molar-refractivity contribution in [2.75, 3.05) is 5.75 Å². The molecule has 1 rings (SSSR count). The van der Waals surface area contributed by atoms with Gasteiger partial charge in [0.25, 0.3) is 0 Å². The van der Waals surface area contributed by atoms with Crippen molar-refractivity contribution in [3.63, 3.8) is 0 Å². The monoisotopic (exact) mass is 209 g/mol. The zero-order valence-corrected chi connectivity index (χ0v) is 8.66.